The van der Waals surface area contributed by atoms with E-state index in [1.54, 1.807) is 11.3 Å². The number of hydrogen-bond donors (Lipinski definition) is 2. The maximum Gasteiger partial charge on any atom is 0.191 e. The molecule has 0 bridgehead atoms. The number of benzene rings is 1. The maximum absolute atomic E-state index is 4.40. The minimum Gasteiger partial charge on any atom is -0.352 e. The van der Waals surface area contributed by atoms with Crippen LogP contribution in [0.3, 0.4) is 0 Å². The van der Waals surface area contributed by atoms with Crippen molar-refractivity contribution in [3.63, 3.8) is 0 Å². The van der Waals surface area contributed by atoms with Gasteiger partial charge in [-0.3, -0.25) is 9.89 Å². The normalized spacial score (nSPS) is 15.8. The van der Waals surface area contributed by atoms with Crippen LogP contribution in [0.5, 0.6) is 0 Å². The van der Waals surface area contributed by atoms with E-state index >= 15 is 0 Å². The van der Waals surface area contributed by atoms with E-state index in [4.69, 9.17) is 0 Å². The van der Waals surface area contributed by atoms with Crippen molar-refractivity contribution in [1.82, 2.24) is 20.5 Å². The first-order valence-corrected chi connectivity index (χ1v) is 11.1. The Morgan fingerprint density at radius 1 is 1.14 bits per heavy atom. The molecule has 2 aromatic rings. The first kappa shape index (κ1) is 20.8. The Balaban J connectivity index is 1.54. The summed E-state index contributed by atoms with van der Waals surface area (Å²) in [6.07, 6.45) is 8.74. The lowest BCUT2D eigenvalue weighted by atomic mass is 9.94. The van der Waals surface area contributed by atoms with Crippen molar-refractivity contribution < 1.29 is 0 Å². The van der Waals surface area contributed by atoms with Crippen molar-refractivity contribution in [2.45, 2.75) is 64.7 Å². The second-order valence-electron chi connectivity index (χ2n) is 7.62. The van der Waals surface area contributed by atoms with Gasteiger partial charge in [-0.05, 0) is 37.9 Å². The molecule has 3 rings (SSSR count). The third-order valence-corrected chi connectivity index (χ3v) is 6.40. The summed E-state index contributed by atoms with van der Waals surface area (Å²) in [5.74, 6) is 0.809. The number of guanidine groups is 1. The Labute approximate surface area is 173 Å². The maximum atomic E-state index is 4.40. The van der Waals surface area contributed by atoms with Crippen molar-refractivity contribution in [3.8, 4) is 0 Å². The first-order chi connectivity index (χ1) is 13.7. The zero-order chi connectivity index (χ0) is 19.8. The van der Waals surface area contributed by atoms with Crippen molar-refractivity contribution in [2.24, 2.45) is 4.99 Å². The Bertz CT molecular complexity index is 764. The van der Waals surface area contributed by atoms with Gasteiger partial charge < -0.3 is 10.6 Å². The number of aryl methyl sites for hydroxylation is 1. The van der Waals surface area contributed by atoms with Gasteiger partial charge >= 0.3 is 0 Å². The van der Waals surface area contributed by atoms with E-state index in [2.05, 4.69) is 63.7 Å². The van der Waals surface area contributed by atoms with Crippen LogP contribution >= 0.6 is 11.3 Å². The van der Waals surface area contributed by atoms with Crippen LogP contribution in [0.2, 0.25) is 0 Å². The van der Waals surface area contributed by atoms with E-state index in [-0.39, 0.29) is 0 Å². The van der Waals surface area contributed by atoms with Crippen molar-refractivity contribution in [1.29, 1.82) is 0 Å². The van der Waals surface area contributed by atoms with E-state index in [0.29, 0.717) is 6.54 Å². The molecule has 0 amide bonds. The monoisotopic (exact) mass is 399 g/mol. The SMILES string of the molecule is CN=C(NCc1ncc(C)s1)NCc1ccccc1CN(C)C1CCCCC1. The lowest BCUT2D eigenvalue weighted by Crippen LogP contribution is -2.37. The highest BCUT2D eigenvalue weighted by Gasteiger charge is 2.18. The molecule has 0 atom stereocenters. The highest BCUT2D eigenvalue weighted by Crippen LogP contribution is 2.23. The molecule has 1 heterocycles. The number of thiazole rings is 1. The third-order valence-electron chi connectivity index (χ3n) is 5.48. The van der Waals surface area contributed by atoms with Crippen LogP contribution in [0.4, 0.5) is 0 Å². The van der Waals surface area contributed by atoms with E-state index in [1.165, 1.54) is 48.1 Å². The van der Waals surface area contributed by atoms with Crippen LogP contribution in [-0.4, -0.2) is 36.0 Å². The molecule has 1 aliphatic carbocycles. The van der Waals surface area contributed by atoms with E-state index in [1.807, 2.05) is 13.2 Å². The van der Waals surface area contributed by atoms with Crippen molar-refractivity contribution >= 4 is 17.3 Å². The van der Waals surface area contributed by atoms with Gasteiger partial charge in [0.2, 0.25) is 0 Å². The highest BCUT2D eigenvalue weighted by molar-refractivity contribution is 7.11. The minimum absolute atomic E-state index is 0.699. The van der Waals surface area contributed by atoms with Crippen LogP contribution in [-0.2, 0) is 19.6 Å². The minimum atomic E-state index is 0.699. The zero-order valence-electron chi connectivity index (χ0n) is 17.4. The molecule has 1 aliphatic rings. The molecule has 0 aliphatic heterocycles. The Kier molecular flexibility index (Phi) is 7.86. The number of aromatic nitrogens is 1. The Morgan fingerprint density at radius 2 is 1.86 bits per heavy atom. The number of nitrogens with zero attached hydrogens (tertiary/aromatic N) is 3. The van der Waals surface area contributed by atoms with Crippen LogP contribution in [0, 0.1) is 6.92 Å². The van der Waals surface area contributed by atoms with Gasteiger partial charge in [-0.1, -0.05) is 43.5 Å². The van der Waals surface area contributed by atoms with Gasteiger partial charge in [-0.15, -0.1) is 11.3 Å². The summed E-state index contributed by atoms with van der Waals surface area (Å²) >= 11 is 1.72. The van der Waals surface area contributed by atoms with Gasteiger partial charge in [0.05, 0.1) is 6.54 Å². The van der Waals surface area contributed by atoms with E-state index < -0.39 is 0 Å². The summed E-state index contributed by atoms with van der Waals surface area (Å²) in [7, 11) is 4.09. The van der Waals surface area contributed by atoms with Crippen LogP contribution in [0.1, 0.15) is 53.1 Å². The van der Waals surface area contributed by atoms with Crippen LogP contribution in [0.15, 0.2) is 35.5 Å². The topological polar surface area (TPSA) is 52.6 Å². The molecule has 1 aromatic carbocycles. The van der Waals surface area contributed by atoms with Crippen molar-refractivity contribution in [2.75, 3.05) is 14.1 Å². The summed E-state index contributed by atoms with van der Waals surface area (Å²) in [4.78, 5) is 12.5. The number of aliphatic imine (C=N–C) groups is 1. The first-order valence-electron chi connectivity index (χ1n) is 10.3. The van der Waals surface area contributed by atoms with Gasteiger partial charge in [0.15, 0.2) is 5.96 Å². The molecular weight excluding hydrogens is 366 g/mol. The van der Waals surface area contributed by atoms with Gasteiger partial charge in [-0.25, -0.2) is 4.98 Å². The quantitative estimate of drug-likeness (QED) is 0.544. The second-order valence-corrected chi connectivity index (χ2v) is 8.94. The Morgan fingerprint density at radius 3 is 2.54 bits per heavy atom. The van der Waals surface area contributed by atoms with E-state index in [9.17, 15) is 0 Å². The molecule has 5 nitrogen and oxygen atoms in total. The summed E-state index contributed by atoms with van der Waals surface area (Å²) < 4.78 is 0. The molecule has 28 heavy (non-hydrogen) atoms. The summed E-state index contributed by atoms with van der Waals surface area (Å²) in [5, 5.41) is 7.89. The summed E-state index contributed by atoms with van der Waals surface area (Å²) in [5.41, 5.74) is 2.73. The fraction of sp³-hybridized carbons (Fsp3) is 0.545. The molecule has 152 valence electrons. The smallest absolute Gasteiger partial charge is 0.191 e. The molecule has 1 saturated carbocycles. The molecule has 0 unspecified atom stereocenters. The average Bonchev–Trinajstić information content (AvgIpc) is 3.15. The van der Waals surface area contributed by atoms with Crippen molar-refractivity contribution in [3.05, 3.63) is 51.5 Å². The fourth-order valence-electron chi connectivity index (χ4n) is 3.85. The highest BCUT2D eigenvalue weighted by atomic mass is 32.1. The fourth-order valence-corrected chi connectivity index (χ4v) is 4.57. The molecular formula is C22H33N5S. The standard InChI is InChI=1S/C22H33N5S/c1-17-13-24-21(28-17)15-26-22(23-2)25-14-18-9-7-8-10-19(18)16-27(3)20-11-5-4-6-12-20/h7-10,13,20H,4-6,11-12,14-16H2,1-3H3,(H2,23,25,26). The Hall–Kier alpha value is -1.92. The number of nitrogens with one attached hydrogen (secondary N) is 2. The van der Waals surface area contributed by atoms with Gasteiger partial charge in [0, 0.05) is 37.3 Å². The van der Waals surface area contributed by atoms with Gasteiger partial charge in [-0.2, -0.15) is 0 Å². The second kappa shape index (κ2) is 10.6. The van der Waals surface area contributed by atoms with Crippen LogP contribution < -0.4 is 10.6 Å². The number of hydrogen-bond acceptors (Lipinski definition) is 4. The predicted octanol–water partition coefficient (Wildman–Crippen LogP) is 4.08. The molecule has 0 radical (unpaired) electrons. The largest absolute Gasteiger partial charge is 0.352 e. The molecule has 6 heteroatoms. The van der Waals surface area contributed by atoms with Gasteiger partial charge in [0.1, 0.15) is 5.01 Å². The molecule has 1 aromatic heterocycles. The molecule has 1 fully saturated rings. The third kappa shape index (κ3) is 6.04. The van der Waals surface area contributed by atoms with E-state index in [0.717, 1.165) is 30.1 Å². The van der Waals surface area contributed by atoms with Crippen LogP contribution in [0.25, 0.3) is 0 Å². The molecule has 0 saturated heterocycles. The summed E-state index contributed by atoms with van der Waals surface area (Å²) in [6, 6.07) is 9.46. The average molecular weight is 400 g/mol. The number of rotatable bonds is 7. The zero-order valence-corrected chi connectivity index (χ0v) is 18.2. The lowest BCUT2D eigenvalue weighted by molar-refractivity contribution is 0.184. The molecule has 2 N–H and O–H groups in total. The van der Waals surface area contributed by atoms with Gasteiger partial charge in [0.25, 0.3) is 0 Å². The summed E-state index contributed by atoms with van der Waals surface area (Å²) in [6.45, 7) is 4.55. The molecule has 0 spiro atoms. The lowest BCUT2D eigenvalue weighted by Gasteiger charge is -2.31. The predicted molar refractivity (Wildman–Crippen MR) is 119 cm³/mol.